The normalized spacial score (nSPS) is 23.0. The highest BCUT2D eigenvalue weighted by Gasteiger charge is 2.49. The van der Waals surface area contributed by atoms with Gasteiger partial charge in [-0.15, -0.1) is 10.2 Å². The van der Waals surface area contributed by atoms with Gasteiger partial charge in [0.25, 0.3) is 0 Å². The highest BCUT2D eigenvalue weighted by molar-refractivity contribution is 6.12. The molecule has 1 unspecified atom stereocenters. The number of hydrogen-bond acceptors (Lipinski definition) is 7. The van der Waals surface area contributed by atoms with E-state index in [0.717, 1.165) is 62.3 Å². The van der Waals surface area contributed by atoms with Crippen LogP contribution >= 0.6 is 0 Å². The molecular formula is C23H28N6O2. The van der Waals surface area contributed by atoms with E-state index in [-0.39, 0.29) is 11.8 Å². The van der Waals surface area contributed by atoms with Crippen LogP contribution in [0.15, 0.2) is 52.4 Å². The minimum absolute atomic E-state index is 0.0734. The van der Waals surface area contributed by atoms with Crippen molar-refractivity contribution in [1.29, 1.82) is 0 Å². The molecule has 0 bridgehead atoms. The average Bonchev–Trinajstić information content (AvgIpc) is 3.38. The Kier molecular flexibility index (Phi) is 5.11. The van der Waals surface area contributed by atoms with Crippen molar-refractivity contribution >= 4 is 11.5 Å². The first-order valence-corrected chi connectivity index (χ1v) is 10.9. The van der Waals surface area contributed by atoms with Crippen molar-refractivity contribution in [2.75, 3.05) is 19.6 Å². The molecule has 1 aromatic carbocycles. The average molecular weight is 421 g/mol. The maximum absolute atomic E-state index is 10.7. The zero-order valence-corrected chi connectivity index (χ0v) is 17.7. The summed E-state index contributed by atoms with van der Waals surface area (Å²) in [5.41, 5.74) is 3.78. The van der Waals surface area contributed by atoms with E-state index in [4.69, 9.17) is 0 Å². The Bertz CT molecular complexity index is 1050. The highest BCUT2D eigenvalue weighted by atomic mass is 16.3. The van der Waals surface area contributed by atoms with Crippen LogP contribution in [-0.2, 0) is 0 Å². The number of benzene rings is 1. The fourth-order valence-electron chi connectivity index (χ4n) is 4.31. The second-order valence-corrected chi connectivity index (χ2v) is 8.61. The molecule has 3 aliphatic rings. The molecule has 2 fully saturated rings. The largest absolute Gasteiger partial charge is 0.507 e. The van der Waals surface area contributed by atoms with Crippen molar-refractivity contribution < 1.29 is 10.2 Å². The Hall–Kier alpha value is -2.97. The van der Waals surface area contributed by atoms with E-state index in [1.54, 1.807) is 18.5 Å². The van der Waals surface area contributed by atoms with E-state index in [1.165, 1.54) is 5.57 Å². The first-order chi connectivity index (χ1) is 15.1. The number of piperazine rings is 1. The van der Waals surface area contributed by atoms with E-state index < -0.39 is 5.60 Å². The monoisotopic (exact) mass is 420 g/mol. The number of aliphatic hydroxyl groups is 1. The third-order valence-corrected chi connectivity index (χ3v) is 6.51. The SMILES string of the molecule is CCC1=CC(c2ccc(-c3cn[nH]c3)cc2O)=NN=C(N2CCNC(C3(O)CC3)C2)C1. The molecule has 162 valence electrons. The van der Waals surface area contributed by atoms with Gasteiger partial charge in [-0.05, 0) is 43.0 Å². The van der Waals surface area contributed by atoms with E-state index in [2.05, 4.69) is 37.5 Å². The number of aromatic amines is 1. The fourth-order valence-corrected chi connectivity index (χ4v) is 4.31. The lowest BCUT2D eigenvalue weighted by Crippen LogP contribution is -2.58. The molecule has 0 radical (unpaired) electrons. The number of nitrogens with one attached hydrogen (secondary N) is 2. The van der Waals surface area contributed by atoms with Crippen molar-refractivity contribution in [2.24, 2.45) is 10.2 Å². The van der Waals surface area contributed by atoms with Gasteiger partial charge in [0.1, 0.15) is 11.6 Å². The summed E-state index contributed by atoms with van der Waals surface area (Å²) in [4.78, 5) is 2.25. The molecule has 8 heteroatoms. The van der Waals surface area contributed by atoms with Gasteiger partial charge >= 0.3 is 0 Å². The van der Waals surface area contributed by atoms with Crippen LogP contribution in [0.3, 0.4) is 0 Å². The lowest BCUT2D eigenvalue weighted by molar-refractivity contribution is 0.0772. The Morgan fingerprint density at radius 1 is 1.23 bits per heavy atom. The minimum atomic E-state index is -0.565. The van der Waals surface area contributed by atoms with E-state index in [9.17, 15) is 10.2 Å². The van der Waals surface area contributed by atoms with Gasteiger partial charge in [0.2, 0.25) is 0 Å². The number of nitrogens with zero attached hydrogens (tertiary/aromatic N) is 4. The summed E-state index contributed by atoms with van der Waals surface area (Å²) in [5.74, 6) is 1.09. The summed E-state index contributed by atoms with van der Waals surface area (Å²) in [5, 5.41) is 40.6. The van der Waals surface area contributed by atoms with Crippen LogP contribution in [0.4, 0.5) is 0 Å². The summed E-state index contributed by atoms with van der Waals surface area (Å²) in [6.07, 6.45) is 8.89. The number of amidine groups is 1. The molecule has 1 saturated carbocycles. The van der Waals surface area contributed by atoms with Gasteiger partial charge in [-0.3, -0.25) is 5.10 Å². The lowest BCUT2D eigenvalue weighted by Gasteiger charge is -2.37. The van der Waals surface area contributed by atoms with Gasteiger partial charge in [-0.2, -0.15) is 5.10 Å². The van der Waals surface area contributed by atoms with Gasteiger partial charge in [0.05, 0.1) is 23.6 Å². The second-order valence-electron chi connectivity index (χ2n) is 8.61. The molecule has 31 heavy (non-hydrogen) atoms. The number of H-pyrrole nitrogens is 1. The van der Waals surface area contributed by atoms with Gasteiger partial charge < -0.3 is 20.4 Å². The number of allylic oxidation sites excluding steroid dienone is 1. The predicted octanol–water partition coefficient (Wildman–Crippen LogP) is 2.42. The predicted molar refractivity (Wildman–Crippen MR) is 120 cm³/mol. The van der Waals surface area contributed by atoms with Gasteiger partial charge in [-0.1, -0.05) is 18.6 Å². The lowest BCUT2D eigenvalue weighted by atomic mass is 9.99. The number of phenols is 1. The van der Waals surface area contributed by atoms with Gasteiger partial charge in [0, 0.05) is 43.4 Å². The van der Waals surface area contributed by atoms with E-state index in [1.807, 2.05) is 18.2 Å². The van der Waals surface area contributed by atoms with Crippen LogP contribution in [0.2, 0.25) is 0 Å². The van der Waals surface area contributed by atoms with Crippen LogP contribution < -0.4 is 5.32 Å². The molecule has 1 saturated heterocycles. The van der Waals surface area contributed by atoms with E-state index in [0.29, 0.717) is 11.3 Å². The molecule has 2 aromatic rings. The maximum atomic E-state index is 10.7. The summed E-state index contributed by atoms with van der Waals surface area (Å²) in [6, 6.07) is 5.64. The zero-order valence-electron chi connectivity index (χ0n) is 17.7. The van der Waals surface area contributed by atoms with Crippen molar-refractivity contribution in [3.8, 4) is 16.9 Å². The standard InChI is InChI=1S/C23H28N6O2/c1-2-15-9-19(18-4-3-16(11-20(18)30)17-12-25-26-13-17)27-28-22(10-15)29-8-7-24-21(14-29)23(31)5-6-23/h3-4,9,11-13,21,24,30-31H,2,5-8,10,14H2,1H3,(H,25,26). The third-order valence-electron chi connectivity index (χ3n) is 6.51. The molecule has 1 atom stereocenters. The van der Waals surface area contributed by atoms with Crippen LogP contribution in [0.5, 0.6) is 5.75 Å². The molecule has 3 heterocycles. The maximum Gasteiger partial charge on any atom is 0.131 e. The first kappa shape index (κ1) is 20.0. The van der Waals surface area contributed by atoms with Crippen LogP contribution in [0.1, 0.15) is 38.2 Å². The summed E-state index contributed by atoms with van der Waals surface area (Å²) < 4.78 is 0. The first-order valence-electron chi connectivity index (χ1n) is 10.9. The Morgan fingerprint density at radius 3 is 2.81 bits per heavy atom. The molecular weight excluding hydrogens is 392 g/mol. The summed E-state index contributed by atoms with van der Waals surface area (Å²) in [6.45, 7) is 4.53. The smallest absolute Gasteiger partial charge is 0.131 e. The summed E-state index contributed by atoms with van der Waals surface area (Å²) in [7, 11) is 0. The van der Waals surface area contributed by atoms with Crippen LogP contribution in [-0.4, -0.2) is 68.1 Å². The molecule has 5 rings (SSSR count). The Balaban J connectivity index is 1.43. The molecule has 4 N–H and O–H groups in total. The molecule has 8 nitrogen and oxygen atoms in total. The van der Waals surface area contributed by atoms with E-state index >= 15 is 0 Å². The van der Waals surface area contributed by atoms with Gasteiger partial charge in [0.15, 0.2) is 0 Å². The molecule has 1 aliphatic carbocycles. The molecule has 1 aromatic heterocycles. The number of phenolic OH excluding ortho intramolecular Hbond substituents is 1. The van der Waals surface area contributed by atoms with Gasteiger partial charge in [-0.25, -0.2) is 0 Å². The number of aromatic nitrogens is 2. The quantitative estimate of drug-likeness (QED) is 0.607. The summed E-state index contributed by atoms with van der Waals surface area (Å²) >= 11 is 0. The number of hydrogen-bond donors (Lipinski definition) is 4. The topological polar surface area (TPSA) is 109 Å². The molecule has 2 aliphatic heterocycles. The van der Waals surface area contributed by atoms with Crippen molar-refractivity contribution in [1.82, 2.24) is 20.4 Å². The van der Waals surface area contributed by atoms with Crippen LogP contribution in [0.25, 0.3) is 11.1 Å². The van der Waals surface area contributed by atoms with Crippen molar-refractivity contribution in [2.45, 2.75) is 44.2 Å². The third kappa shape index (κ3) is 4.00. The number of rotatable bonds is 4. The Morgan fingerprint density at radius 2 is 2.10 bits per heavy atom. The minimum Gasteiger partial charge on any atom is -0.507 e. The molecule has 0 spiro atoms. The zero-order chi connectivity index (χ0) is 21.4. The van der Waals surface area contributed by atoms with Crippen molar-refractivity contribution in [3.63, 3.8) is 0 Å². The number of aromatic hydroxyl groups is 1. The fraction of sp³-hybridized carbons (Fsp3) is 0.435. The van der Waals surface area contributed by atoms with Crippen LogP contribution in [0, 0.1) is 0 Å². The Labute approximate surface area is 181 Å². The second kappa shape index (κ2) is 7.94. The highest BCUT2D eigenvalue weighted by Crippen LogP contribution is 2.39. The molecule has 0 amide bonds. The van der Waals surface area contributed by atoms with Crippen molar-refractivity contribution in [3.05, 3.63) is 47.8 Å².